The monoisotopic (exact) mass is 438 g/mol. The van der Waals surface area contributed by atoms with Crippen molar-refractivity contribution in [3.8, 4) is 59.8 Å². The Hall–Kier alpha value is -1.55. The first-order chi connectivity index (χ1) is 10.1. The highest BCUT2D eigenvalue weighted by molar-refractivity contribution is 7.80. The summed E-state index contributed by atoms with van der Waals surface area (Å²) in [7, 11) is 7.23. The standard InChI is InChI=1S/C16H13BN2OP.HI.10H2/c1-3-4-5-6-7-8-9-10-13-19(2)14-11-18(12-15-19)16(20)21-17;;;;;;;;;;;/h1,21H,11-12,14-15H2,2H3;11*1H/q+1;;;;;;;;;;;/p-1. The largest absolute Gasteiger partial charge is 1.00 e. The second-order valence-electron chi connectivity index (χ2n) is 4.41. The minimum Gasteiger partial charge on any atom is -1.00 e. The van der Waals surface area contributed by atoms with Gasteiger partial charge in [0.05, 0.1) is 26.1 Å². The highest BCUT2D eigenvalue weighted by Gasteiger charge is 2.29. The third kappa shape index (κ3) is 7.46. The van der Waals surface area contributed by atoms with Gasteiger partial charge in [0.25, 0.3) is 0 Å². The number of hydrogen-bond acceptors (Lipinski definition) is 1. The minimum atomic E-state index is -0.172. The molecule has 128 valence electrons. The summed E-state index contributed by atoms with van der Waals surface area (Å²) < 4.78 is 0.566. The average Bonchev–Trinajstić information content (AvgIpc) is 2.50. The first-order valence-electron chi connectivity index (χ1n) is 6.19. The molecular formula is C16H33BIN2OP. The highest BCUT2D eigenvalue weighted by atomic mass is 127. The number of nitrogens with zero attached hydrogens (tertiary/aromatic N) is 2. The Bertz CT molecular complexity index is 719. The molecule has 1 heterocycles. The van der Waals surface area contributed by atoms with Gasteiger partial charge in [0.2, 0.25) is 5.65 Å². The molecule has 0 bridgehead atoms. The van der Waals surface area contributed by atoms with Crippen LogP contribution in [0.4, 0.5) is 4.79 Å². The van der Waals surface area contributed by atoms with E-state index in [4.69, 9.17) is 14.0 Å². The van der Waals surface area contributed by atoms with Gasteiger partial charge in [0.15, 0.2) is 6.04 Å². The number of amides is 1. The lowest BCUT2D eigenvalue weighted by Crippen LogP contribution is -3.00. The maximum Gasteiger partial charge on any atom is 0.230 e. The zero-order chi connectivity index (χ0) is 15.6. The summed E-state index contributed by atoms with van der Waals surface area (Å²) in [6, 6.07) is 3.09. The Morgan fingerprint density at radius 3 is 2.14 bits per heavy atom. The molecule has 1 rings (SSSR count). The minimum absolute atomic E-state index is 0. The molecular weight excluding hydrogens is 405 g/mol. The maximum absolute atomic E-state index is 11.5. The van der Waals surface area contributed by atoms with E-state index in [-0.39, 0.29) is 52.4 Å². The summed E-state index contributed by atoms with van der Waals surface area (Å²) in [4.78, 5) is 13.3. The van der Waals surface area contributed by atoms with Crippen LogP contribution >= 0.6 is 8.46 Å². The lowest BCUT2D eigenvalue weighted by Gasteiger charge is -2.36. The molecule has 22 heavy (non-hydrogen) atoms. The molecule has 0 aliphatic carbocycles. The Kier molecular flexibility index (Phi) is 10.3. The second-order valence-corrected chi connectivity index (χ2v) is 5.13. The van der Waals surface area contributed by atoms with Gasteiger partial charge in [-0.1, -0.05) is 8.46 Å². The Morgan fingerprint density at radius 1 is 1.14 bits per heavy atom. The van der Waals surface area contributed by atoms with E-state index in [1.54, 1.807) is 4.90 Å². The van der Waals surface area contributed by atoms with Crippen LogP contribution in [0.1, 0.15) is 14.3 Å². The van der Waals surface area contributed by atoms with Gasteiger partial charge in [0, 0.05) is 32.0 Å². The van der Waals surface area contributed by atoms with Gasteiger partial charge in [0.1, 0.15) is 20.7 Å². The Balaban J connectivity index is -0.0000000445. The van der Waals surface area contributed by atoms with Crippen LogP contribution in [-0.4, -0.2) is 55.8 Å². The maximum atomic E-state index is 11.5. The van der Waals surface area contributed by atoms with Crippen molar-refractivity contribution in [2.45, 2.75) is 0 Å². The zero-order valence-corrected chi connectivity index (χ0v) is 15.3. The molecule has 1 amide bonds. The fourth-order valence-corrected chi connectivity index (χ4v) is 2.07. The first kappa shape index (κ1) is 20.5. The molecule has 1 aliphatic heterocycles. The number of hydrogen-bond donors (Lipinski definition) is 0. The van der Waals surface area contributed by atoms with Crippen molar-refractivity contribution in [1.29, 1.82) is 0 Å². The molecule has 2 radical (unpaired) electrons. The van der Waals surface area contributed by atoms with Crippen molar-refractivity contribution < 1.29 is 47.5 Å². The van der Waals surface area contributed by atoms with Crippen LogP contribution in [0, 0.1) is 59.8 Å². The molecule has 1 unspecified atom stereocenters. The van der Waals surface area contributed by atoms with Gasteiger partial charge in [-0.3, -0.25) is 4.79 Å². The van der Waals surface area contributed by atoms with Crippen molar-refractivity contribution in [1.82, 2.24) is 4.90 Å². The second kappa shape index (κ2) is 11.1. The summed E-state index contributed by atoms with van der Waals surface area (Å²) in [6.45, 7) is 2.88. The van der Waals surface area contributed by atoms with Gasteiger partial charge in [-0.05, 0) is 23.7 Å². The van der Waals surface area contributed by atoms with Crippen LogP contribution in [0.2, 0.25) is 0 Å². The average molecular weight is 438 g/mol. The summed E-state index contributed by atoms with van der Waals surface area (Å²) in [6.07, 6.45) is 4.94. The third-order valence-electron chi connectivity index (χ3n) is 2.91. The molecule has 1 aliphatic rings. The van der Waals surface area contributed by atoms with Gasteiger partial charge < -0.3 is 28.9 Å². The highest BCUT2D eigenvalue weighted by Crippen LogP contribution is 2.15. The molecule has 3 nitrogen and oxygen atoms in total. The van der Waals surface area contributed by atoms with Crippen LogP contribution in [0.15, 0.2) is 0 Å². The lowest BCUT2D eigenvalue weighted by molar-refractivity contribution is -0.847. The number of halogens is 1. The SMILES string of the molecule is [B]PC(=O)N1CC[N+](C)(C#CC#CC#CC#CC#C)CC1.[HH].[HH].[HH].[HH].[HH].[HH].[HH].[HH].[HH].[HH].[I-]. The lowest BCUT2D eigenvalue weighted by atomic mass is 10.3. The number of quaternary nitrogens is 1. The van der Waals surface area contributed by atoms with Crippen LogP contribution in [0.5, 0.6) is 0 Å². The number of carbonyl (C=O) groups is 1. The summed E-state index contributed by atoms with van der Waals surface area (Å²) >= 11 is 0. The van der Waals surface area contributed by atoms with E-state index in [9.17, 15) is 4.79 Å². The molecule has 0 aromatic rings. The van der Waals surface area contributed by atoms with E-state index < -0.39 is 0 Å². The number of carbonyl (C=O) groups excluding carboxylic acids is 1. The summed E-state index contributed by atoms with van der Waals surface area (Å²) in [5.41, 5.74) is 0.0114. The molecule has 6 heteroatoms. The summed E-state index contributed by atoms with van der Waals surface area (Å²) in [5, 5.41) is 0. The zero-order valence-electron chi connectivity index (χ0n) is 12.2. The Morgan fingerprint density at radius 2 is 1.64 bits per heavy atom. The van der Waals surface area contributed by atoms with E-state index in [0.717, 1.165) is 13.1 Å². The fraction of sp³-hybridized carbons (Fsp3) is 0.312. The van der Waals surface area contributed by atoms with E-state index in [1.165, 1.54) is 0 Å². The molecule has 0 saturated carbocycles. The molecule has 1 atom stereocenters. The van der Waals surface area contributed by atoms with Crippen molar-refractivity contribution in [2.75, 3.05) is 33.2 Å². The molecule has 1 saturated heterocycles. The number of piperazine rings is 1. The predicted molar refractivity (Wildman–Crippen MR) is 108 cm³/mol. The molecule has 0 aromatic heterocycles. The predicted octanol–water partition coefficient (Wildman–Crippen LogP) is -0.301. The number of likely N-dealkylation sites (N-methyl/N-ethyl adjacent to an activating group) is 1. The topological polar surface area (TPSA) is 20.3 Å². The summed E-state index contributed by atoms with van der Waals surface area (Å²) in [5.74, 6) is 20.1. The smallest absolute Gasteiger partial charge is 0.230 e. The van der Waals surface area contributed by atoms with Crippen molar-refractivity contribution in [2.24, 2.45) is 0 Å². The fourth-order valence-electron chi connectivity index (χ4n) is 1.67. The normalized spacial score (nSPS) is 14.3. The van der Waals surface area contributed by atoms with Crippen LogP contribution in [0.3, 0.4) is 0 Å². The van der Waals surface area contributed by atoms with Crippen molar-refractivity contribution >= 4 is 21.7 Å². The van der Waals surface area contributed by atoms with Crippen molar-refractivity contribution in [3.05, 3.63) is 0 Å². The van der Waals surface area contributed by atoms with Gasteiger partial charge >= 0.3 is 0 Å². The Labute approximate surface area is 167 Å². The van der Waals surface area contributed by atoms with Crippen LogP contribution in [0.25, 0.3) is 0 Å². The first-order valence-corrected chi connectivity index (χ1v) is 7.27. The van der Waals surface area contributed by atoms with Crippen LogP contribution < -0.4 is 24.0 Å². The molecule has 0 N–H and O–H groups in total. The van der Waals surface area contributed by atoms with Gasteiger partial charge in [-0.2, -0.15) is 0 Å². The third-order valence-corrected chi connectivity index (χ3v) is 3.47. The van der Waals surface area contributed by atoms with E-state index in [1.807, 2.05) is 7.05 Å². The van der Waals surface area contributed by atoms with E-state index in [0.29, 0.717) is 17.6 Å². The molecule has 1 fully saturated rings. The van der Waals surface area contributed by atoms with E-state index >= 15 is 0 Å². The van der Waals surface area contributed by atoms with Crippen LogP contribution in [-0.2, 0) is 0 Å². The number of rotatable bonds is 1. The van der Waals surface area contributed by atoms with E-state index in [2.05, 4.69) is 53.4 Å². The van der Waals surface area contributed by atoms with Gasteiger partial charge in [-0.15, -0.1) is 6.42 Å². The molecule has 0 aromatic carbocycles. The van der Waals surface area contributed by atoms with Crippen molar-refractivity contribution in [3.63, 3.8) is 0 Å². The molecule has 0 spiro atoms. The quantitative estimate of drug-likeness (QED) is 0.181. The van der Waals surface area contributed by atoms with Gasteiger partial charge in [-0.25, -0.2) is 4.48 Å². The number of terminal acetylenes is 1.